The predicted octanol–water partition coefficient (Wildman–Crippen LogP) is 4.47. The van der Waals surface area contributed by atoms with Crippen LogP contribution in [0.2, 0.25) is 5.02 Å². The van der Waals surface area contributed by atoms with Crippen molar-refractivity contribution in [3.05, 3.63) is 88.9 Å². The third-order valence-electron chi connectivity index (χ3n) is 4.43. The van der Waals surface area contributed by atoms with Crippen molar-refractivity contribution in [2.24, 2.45) is 5.10 Å². The predicted molar refractivity (Wildman–Crippen MR) is 128 cm³/mol. The van der Waals surface area contributed by atoms with Gasteiger partial charge in [0.2, 0.25) is 0 Å². The molecule has 186 valence electrons. The Labute approximate surface area is 208 Å². The number of carbonyl (C=O) groups excluding carboxylic acids is 3. The standard InChI is InChI=1S/C24H18ClF3N4O4/c25-16-4-3-5-17(12-16)30-22(34)23(35)32-29-13-15-8-10-18(11-9-15)36-14-21(33)31-20-7-2-1-6-19(20)24(26,27)28/h1-13H,14H2,(H,30,34)(H,31,33)(H,32,35)/b29-13-. The van der Waals surface area contributed by atoms with Crippen LogP contribution in [0.4, 0.5) is 24.5 Å². The van der Waals surface area contributed by atoms with Crippen LogP contribution in [0.5, 0.6) is 5.75 Å². The molecule has 12 heteroatoms. The van der Waals surface area contributed by atoms with Crippen molar-refractivity contribution >= 4 is 46.9 Å². The molecule has 0 spiro atoms. The van der Waals surface area contributed by atoms with Crippen molar-refractivity contribution in [3.63, 3.8) is 0 Å². The summed E-state index contributed by atoms with van der Waals surface area (Å²) in [5.74, 6) is -2.42. The molecule has 3 aromatic rings. The highest BCUT2D eigenvalue weighted by molar-refractivity contribution is 6.39. The van der Waals surface area contributed by atoms with E-state index in [1.54, 1.807) is 30.3 Å². The summed E-state index contributed by atoms with van der Waals surface area (Å²) in [6.45, 7) is -0.516. The van der Waals surface area contributed by atoms with Crippen LogP contribution in [0.3, 0.4) is 0 Å². The van der Waals surface area contributed by atoms with E-state index in [1.807, 2.05) is 0 Å². The molecule has 0 aromatic heterocycles. The van der Waals surface area contributed by atoms with Gasteiger partial charge >= 0.3 is 18.0 Å². The average molecular weight is 519 g/mol. The van der Waals surface area contributed by atoms with Crippen LogP contribution in [0, 0.1) is 0 Å². The average Bonchev–Trinajstić information content (AvgIpc) is 2.83. The van der Waals surface area contributed by atoms with Gasteiger partial charge in [-0.25, -0.2) is 5.43 Å². The molecular weight excluding hydrogens is 501 g/mol. The molecule has 0 fully saturated rings. The Morgan fingerprint density at radius 1 is 0.917 bits per heavy atom. The summed E-state index contributed by atoms with van der Waals surface area (Å²) in [5, 5.41) is 8.64. The van der Waals surface area contributed by atoms with Gasteiger partial charge < -0.3 is 15.4 Å². The highest BCUT2D eigenvalue weighted by Gasteiger charge is 2.33. The molecule has 36 heavy (non-hydrogen) atoms. The van der Waals surface area contributed by atoms with Gasteiger partial charge in [-0.15, -0.1) is 0 Å². The number of amides is 3. The molecule has 0 saturated carbocycles. The van der Waals surface area contributed by atoms with Gasteiger partial charge in [0.05, 0.1) is 17.5 Å². The highest BCUT2D eigenvalue weighted by atomic mass is 35.5. The maximum Gasteiger partial charge on any atom is 0.418 e. The lowest BCUT2D eigenvalue weighted by Crippen LogP contribution is -2.32. The van der Waals surface area contributed by atoms with Crippen molar-refractivity contribution in [2.45, 2.75) is 6.18 Å². The number of rotatable bonds is 7. The van der Waals surface area contributed by atoms with E-state index < -0.39 is 36.1 Å². The Morgan fingerprint density at radius 2 is 1.64 bits per heavy atom. The van der Waals surface area contributed by atoms with Gasteiger partial charge in [0.25, 0.3) is 5.91 Å². The summed E-state index contributed by atoms with van der Waals surface area (Å²) in [6.07, 6.45) is -3.34. The minimum absolute atomic E-state index is 0.274. The van der Waals surface area contributed by atoms with Crippen LogP contribution in [0.25, 0.3) is 0 Å². The Morgan fingerprint density at radius 3 is 2.33 bits per heavy atom. The van der Waals surface area contributed by atoms with Gasteiger partial charge in [-0.3, -0.25) is 14.4 Å². The fourth-order valence-corrected chi connectivity index (χ4v) is 2.99. The topological polar surface area (TPSA) is 109 Å². The zero-order valence-corrected chi connectivity index (χ0v) is 19.1. The van der Waals surface area contributed by atoms with Crippen LogP contribution < -0.4 is 20.8 Å². The van der Waals surface area contributed by atoms with E-state index >= 15 is 0 Å². The number of hydrogen-bond acceptors (Lipinski definition) is 5. The zero-order chi connectivity index (χ0) is 26.1. The van der Waals surface area contributed by atoms with E-state index in [9.17, 15) is 27.6 Å². The number of hydrazone groups is 1. The van der Waals surface area contributed by atoms with Crippen molar-refractivity contribution < 1.29 is 32.3 Å². The molecule has 0 unspecified atom stereocenters. The van der Waals surface area contributed by atoms with Crippen LogP contribution in [0.15, 0.2) is 77.9 Å². The number of nitrogens with zero attached hydrogens (tertiary/aromatic N) is 1. The summed E-state index contributed by atoms with van der Waals surface area (Å²) in [5.41, 5.74) is 1.63. The van der Waals surface area contributed by atoms with Gasteiger partial charge in [-0.05, 0) is 60.2 Å². The fourth-order valence-electron chi connectivity index (χ4n) is 2.79. The molecule has 0 aliphatic rings. The van der Waals surface area contributed by atoms with Crippen LogP contribution in [0.1, 0.15) is 11.1 Å². The Kier molecular flexibility index (Phi) is 8.63. The van der Waals surface area contributed by atoms with E-state index in [-0.39, 0.29) is 11.4 Å². The van der Waals surface area contributed by atoms with Gasteiger partial charge in [0, 0.05) is 10.7 Å². The lowest BCUT2D eigenvalue weighted by molar-refractivity contribution is -0.137. The zero-order valence-electron chi connectivity index (χ0n) is 18.3. The SMILES string of the molecule is O=C(COc1ccc(/C=N\NC(=O)C(=O)Nc2cccc(Cl)c2)cc1)Nc1ccccc1C(F)(F)F. The van der Waals surface area contributed by atoms with E-state index in [0.717, 1.165) is 12.1 Å². The molecule has 0 heterocycles. The maximum absolute atomic E-state index is 13.0. The van der Waals surface area contributed by atoms with Crippen molar-refractivity contribution in [1.29, 1.82) is 0 Å². The van der Waals surface area contributed by atoms with Crippen molar-refractivity contribution in [3.8, 4) is 5.75 Å². The van der Waals surface area contributed by atoms with Crippen LogP contribution >= 0.6 is 11.6 Å². The molecule has 0 atom stereocenters. The van der Waals surface area contributed by atoms with E-state index in [0.29, 0.717) is 16.3 Å². The number of benzene rings is 3. The van der Waals surface area contributed by atoms with Crippen molar-refractivity contribution in [1.82, 2.24) is 5.43 Å². The molecule has 3 aromatic carbocycles. The summed E-state index contributed by atoms with van der Waals surface area (Å²) >= 11 is 5.82. The van der Waals surface area contributed by atoms with Crippen LogP contribution in [-0.4, -0.2) is 30.5 Å². The molecule has 0 aliphatic carbocycles. The smallest absolute Gasteiger partial charge is 0.418 e. The first-order valence-corrected chi connectivity index (χ1v) is 10.6. The summed E-state index contributed by atoms with van der Waals surface area (Å²) in [6, 6.07) is 17.0. The normalized spacial score (nSPS) is 11.1. The number of nitrogens with one attached hydrogen (secondary N) is 3. The minimum atomic E-state index is -4.61. The number of ether oxygens (including phenoxy) is 1. The number of para-hydroxylation sites is 1. The molecule has 3 rings (SSSR count). The molecular formula is C24H18ClF3N4O4. The molecule has 0 saturated heterocycles. The number of halogens is 4. The fraction of sp³-hybridized carbons (Fsp3) is 0.0833. The second kappa shape index (κ2) is 11.8. The van der Waals surface area contributed by atoms with Gasteiger partial charge in [0.15, 0.2) is 6.61 Å². The molecule has 0 radical (unpaired) electrons. The first-order valence-electron chi connectivity index (χ1n) is 10.2. The molecule has 0 bridgehead atoms. The minimum Gasteiger partial charge on any atom is -0.484 e. The monoisotopic (exact) mass is 518 g/mol. The van der Waals surface area contributed by atoms with Gasteiger partial charge in [0.1, 0.15) is 5.75 Å². The number of carbonyl (C=O) groups is 3. The summed E-state index contributed by atoms with van der Waals surface area (Å²) in [4.78, 5) is 35.7. The largest absolute Gasteiger partial charge is 0.484 e. The molecule has 0 aliphatic heterocycles. The van der Waals surface area contributed by atoms with Gasteiger partial charge in [-0.1, -0.05) is 29.8 Å². The summed E-state index contributed by atoms with van der Waals surface area (Å²) in [7, 11) is 0. The summed E-state index contributed by atoms with van der Waals surface area (Å²) < 4.78 is 44.4. The van der Waals surface area contributed by atoms with E-state index in [2.05, 4.69) is 21.2 Å². The quantitative estimate of drug-likeness (QED) is 0.244. The third-order valence-corrected chi connectivity index (χ3v) is 4.66. The van der Waals surface area contributed by atoms with E-state index in [4.69, 9.17) is 16.3 Å². The van der Waals surface area contributed by atoms with E-state index in [1.165, 1.54) is 36.5 Å². The number of alkyl halides is 3. The number of anilines is 2. The Hall–Kier alpha value is -4.38. The third kappa shape index (κ3) is 7.84. The Balaban J connectivity index is 1.46. The second-order valence-electron chi connectivity index (χ2n) is 7.11. The first-order chi connectivity index (χ1) is 17.1. The lowest BCUT2D eigenvalue weighted by Gasteiger charge is -2.13. The number of hydrogen-bond donors (Lipinski definition) is 3. The molecule has 3 N–H and O–H groups in total. The Bertz CT molecular complexity index is 1280. The highest BCUT2D eigenvalue weighted by Crippen LogP contribution is 2.34. The maximum atomic E-state index is 13.0. The molecule has 8 nitrogen and oxygen atoms in total. The van der Waals surface area contributed by atoms with Crippen molar-refractivity contribution in [2.75, 3.05) is 17.2 Å². The second-order valence-corrected chi connectivity index (χ2v) is 7.55. The molecule has 3 amide bonds. The van der Waals surface area contributed by atoms with Gasteiger partial charge in [-0.2, -0.15) is 18.3 Å². The first kappa shape index (κ1) is 26.2. The van der Waals surface area contributed by atoms with Crippen LogP contribution in [-0.2, 0) is 20.6 Å². The lowest BCUT2D eigenvalue weighted by atomic mass is 10.1.